The van der Waals surface area contributed by atoms with Crippen molar-refractivity contribution in [1.29, 1.82) is 0 Å². The van der Waals surface area contributed by atoms with Crippen molar-refractivity contribution in [3.8, 4) is 0 Å². The summed E-state index contributed by atoms with van der Waals surface area (Å²) < 4.78 is 0.965. The van der Waals surface area contributed by atoms with Crippen LogP contribution in [0.1, 0.15) is 19.3 Å². The Morgan fingerprint density at radius 3 is 2.79 bits per heavy atom. The lowest BCUT2D eigenvalue weighted by atomic mass is 9.93. The highest BCUT2D eigenvalue weighted by atomic mass is 79.9. The van der Waals surface area contributed by atoms with Crippen LogP contribution in [-0.4, -0.2) is 6.04 Å². The molecule has 0 bridgehead atoms. The van der Waals surface area contributed by atoms with Gasteiger partial charge >= 0.3 is 0 Å². The minimum atomic E-state index is 0.486. The maximum absolute atomic E-state index is 10.5. The number of nitrogens with one attached hydrogen (secondary N) is 1. The number of halogens is 1. The Morgan fingerprint density at radius 2 is 2.21 bits per heavy atom. The van der Waals surface area contributed by atoms with E-state index in [0.717, 1.165) is 10.2 Å². The van der Waals surface area contributed by atoms with Gasteiger partial charge in [-0.3, -0.25) is 0 Å². The van der Waals surface area contributed by atoms with Crippen molar-refractivity contribution >= 4 is 27.3 Å². The number of anilines is 1. The van der Waals surface area contributed by atoms with E-state index < -0.39 is 0 Å². The molecule has 1 N–H and O–H groups in total. The van der Waals surface area contributed by atoms with Crippen molar-refractivity contribution in [1.82, 2.24) is 0 Å². The minimum Gasteiger partial charge on any atom is -0.380 e. The van der Waals surface area contributed by atoms with Gasteiger partial charge in [-0.2, -0.15) is 0 Å². The van der Waals surface area contributed by atoms with Gasteiger partial charge in [0.1, 0.15) is 5.69 Å². The van der Waals surface area contributed by atoms with Gasteiger partial charge in [0.05, 0.1) is 5.69 Å². The molecule has 2 rings (SSSR count). The Bertz CT molecular complexity index is 350. The number of nitrogens with zero attached hydrogens (tertiary/aromatic N) is 1. The lowest BCUT2D eigenvalue weighted by Crippen LogP contribution is -2.26. The second-order valence-corrected chi connectivity index (χ2v) is 4.44. The molecular weight excluding hydrogens is 244 g/mol. The fraction of sp³-hybridized carbons (Fsp3) is 0.400. The molecule has 0 unspecified atom stereocenters. The summed E-state index contributed by atoms with van der Waals surface area (Å²) in [6, 6.07) is 5.96. The van der Waals surface area contributed by atoms with Crippen molar-refractivity contribution in [3.63, 3.8) is 0 Å². The van der Waals surface area contributed by atoms with Crippen LogP contribution in [0.2, 0.25) is 0 Å². The van der Waals surface area contributed by atoms with E-state index in [1.807, 2.05) is 12.1 Å². The van der Waals surface area contributed by atoms with Crippen molar-refractivity contribution in [2.24, 2.45) is 5.18 Å². The Morgan fingerprint density at radius 1 is 1.43 bits per heavy atom. The summed E-state index contributed by atoms with van der Waals surface area (Å²) in [6.07, 6.45) is 3.64. The summed E-state index contributed by atoms with van der Waals surface area (Å²) >= 11 is 3.37. The van der Waals surface area contributed by atoms with E-state index >= 15 is 0 Å². The molecule has 0 spiro atoms. The standard InChI is InChI=1S/C10H11BrN2O/c11-7-4-5-9(13-14)10(6-7)12-8-2-1-3-8/h4-6,8,12H,1-3H2. The second kappa shape index (κ2) is 4.09. The molecule has 1 aliphatic rings. The third kappa shape index (κ3) is 1.95. The third-order valence-corrected chi connectivity index (χ3v) is 3.01. The van der Waals surface area contributed by atoms with E-state index in [9.17, 15) is 4.91 Å². The Hall–Kier alpha value is -0.900. The normalized spacial score (nSPS) is 16.1. The topological polar surface area (TPSA) is 41.5 Å². The number of nitroso groups, excluding NO2 is 1. The zero-order valence-electron chi connectivity index (χ0n) is 7.66. The average molecular weight is 255 g/mol. The van der Waals surface area contributed by atoms with Crippen LogP contribution in [0.3, 0.4) is 0 Å². The molecule has 0 atom stereocenters. The van der Waals surface area contributed by atoms with Crippen LogP contribution in [0.5, 0.6) is 0 Å². The molecule has 4 heteroatoms. The molecule has 0 aromatic heterocycles. The van der Waals surface area contributed by atoms with Crippen molar-refractivity contribution in [2.75, 3.05) is 5.32 Å². The van der Waals surface area contributed by atoms with Crippen LogP contribution in [0, 0.1) is 4.91 Å². The first-order valence-corrected chi connectivity index (χ1v) is 5.48. The maximum atomic E-state index is 10.5. The SMILES string of the molecule is O=Nc1ccc(Br)cc1NC1CCC1. The lowest BCUT2D eigenvalue weighted by Gasteiger charge is -2.27. The number of benzene rings is 1. The predicted octanol–water partition coefficient (Wildman–Crippen LogP) is 3.81. The van der Waals surface area contributed by atoms with Crippen LogP contribution in [0.4, 0.5) is 11.4 Å². The van der Waals surface area contributed by atoms with Gasteiger partial charge in [0.25, 0.3) is 0 Å². The summed E-state index contributed by atoms with van der Waals surface area (Å²) in [5, 5.41) is 6.30. The van der Waals surface area contributed by atoms with E-state index in [4.69, 9.17) is 0 Å². The van der Waals surface area contributed by atoms with Gasteiger partial charge in [-0.25, -0.2) is 0 Å². The van der Waals surface area contributed by atoms with Gasteiger partial charge < -0.3 is 5.32 Å². The van der Waals surface area contributed by atoms with E-state index in [2.05, 4.69) is 26.4 Å². The quantitative estimate of drug-likeness (QED) is 0.834. The molecule has 3 nitrogen and oxygen atoms in total. The smallest absolute Gasteiger partial charge is 0.131 e. The number of rotatable bonds is 3. The first-order valence-electron chi connectivity index (χ1n) is 4.69. The molecule has 1 aliphatic carbocycles. The summed E-state index contributed by atoms with van der Waals surface area (Å²) in [4.78, 5) is 10.5. The first kappa shape index (κ1) is 9.65. The van der Waals surface area contributed by atoms with Gasteiger partial charge in [-0.15, -0.1) is 4.91 Å². The summed E-state index contributed by atoms with van der Waals surface area (Å²) in [7, 11) is 0. The van der Waals surface area contributed by atoms with Crippen molar-refractivity contribution < 1.29 is 0 Å². The Kier molecular flexibility index (Phi) is 2.82. The van der Waals surface area contributed by atoms with E-state index in [0.29, 0.717) is 11.7 Å². The predicted molar refractivity (Wildman–Crippen MR) is 60.9 cm³/mol. The average Bonchev–Trinajstić information content (AvgIpc) is 2.12. The van der Waals surface area contributed by atoms with Crippen LogP contribution in [0.15, 0.2) is 27.8 Å². The Labute approximate surface area is 91.0 Å². The van der Waals surface area contributed by atoms with Gasteiger partial charge in [0, 0.05) is 10.5 Å². The van der Waals surface area contributed by atoms with Gasteiger partial charge in [0.2, 0.25) is 0 Å². The van der Waals surface area contributed by atoms with E-state index in [-0.39, 0.29) is 0 Å². The molecule has 0 radical (unpaired) electrons. The fourth-order valence-electron chi connectivity index (χ4n) is 1.48. The van der Waals surface area contributed by atoms with Crippen LogP contribution < -0.4 is 5.32 Å². The molecule has 0 heterocycles. The van der Waals surface area contributed by atoms with Crippen LogP contribution in [0.25, 0.3) is 0 Å². The summed E-state index contributed by atoms with van der Waals surface area (Å²) in [5.41, 5.74) is 1.32. The fourth-order valence-corrected chi connectivity index (χ4v) is 1.84. The molecule has 1 saturated carbocycles. The zero-order valence-corrected chi connectivity index (χ0v) is 9.25. The van der Waals surface area contributed by atoms with Crippen molar-refractivity contribution in [3.05, 3.63) is 27.6 Å². The minimum absolute atomic E-state index is 0.486. The second-order valence-electron chi connectivity index (χ2n) is 3.52. The van der Waals surface area contributed by atoms with Crippen LogP contribution in [-0.2, 0) is 0 Å². The van der Waals surface area contributed by atoms with Gasteiger partial charge in [0.15, 0.2) is 0 Å². The third-order valence-electron chi connectivity index (χ3n) is 2.52. The van der Waals surface area contributed by atoms with E-state index in [1.165, 1.54) is 19.3 Å². The van der Waals surface area contributed by atoms with Crippen molar-refractivity contribution in [2.45, 2.75) is 25.3 Å². The summed E-state index contributed by atoms with van der Waals surface area (Å²) in [5.74, 6) is 0. The highest BCUT2D eigenvalue weighted by molar-refractivity contribution is 9.10. The Balaban J connectivity index is 2.19. The molecule has 0 saturated heterocycles. The number of hydrogen-bond donors (Lipinski definition) is 1. The highest BCUT2D eigenvalue weighted by Gasteiger charge is 2.18. The largest absolute Gasteiger partial charge is 0.380 e. The maximum Gasteiger partial charge on any atom is 0.131 e. The molecule has 14 heavy (non-hydrogen) atoms. The molecule has 74 valence electrons. The zero-order chi connectivity index (χ0) is 9.97. The highest BCUT2D eigenvalue weighted by Crippen LogP contribution is 2.32. The van der Waals surface area contributed by atoms with E-state index in [1.54, 1.807) is 6.07 Å². The van der Waals surface area contributed by atoms with Crippen LogP contribution >= 0.6 is 15.9 Å². The molecule has 1 aromatic carbocycles. The molecule has 1 aromatic rings. The molecule has 0 aliphatic heterocycles. The van der Waals surface area contributed by atoms with Gasteiger partial charge in [-0.05, 0) is 42.6 Å². The monoisotopic (exact) mass is 254 g/mol. The van der Waals surface area contributed by atoms with Gasteiger partial charge in [-0.1, -0.05) is 15.9 Å². The molecule has 1 fully saturated rings. The number of hydrogen-bond acceptors (Lipinski definition) is 3. The molecule has 0 amide bonds. The first-order chi connectivity index (χ1) is 6.79. The lowest BCUT2D eigenvalue weighted by molar-refractivity contribution is 0.445. The molecular formula is C10H11BrN2O. The summed E-state index contributed by atoms with van der Waals surface area (Å²) in [6.45, 7) is 0.